The first-order chi connectivity index (χ1) is 12.5. The lowest BCUT2D eigenvalue weighted by atomic mass is 10.3. The summed E-state index contributed by atoms with van der Waals surface area (Å²) in [6.45, 7) is 1.55. The van der Waals surface area contributed by atoms with E-state index in [0.717, 1.165) is 16.8 Å². The Morgan fingerprint density at radius 3 is 2.81 bits per heavy atom. The molecule has 3 rings (SSSR count). The lowest BCUT2D eigenvalue weighted by Gasteiger charge is -2.06. The minimum absolute atomic E-state index is 0.0236. The standard InChI is InChI=1S/C15H14F2N6O2S/c1-8-7-11(22-23(8)12-9(16)3-2-4-10(12)17)13(25)18-14-19-15(21-20-14)26-6-5-24/h2-4,7,24H,5-6H2,1H3,(H2,18,19,20,21,25). The first-order valence-corrected chi connectivity index (χ1v) is 8.46. The predicted octanol–water partition coefficient (Wildman–Crippen LogP) is 1.91. The van der Waals surface area contributed by atoms with E-state index in [1.807, 2.05) is 0 Å². The number of anilines is 1. The number of hydrogen-bond acceptors (Lipinski definition) is 6. The Kier molecular flexibility index (Phi) is 5.28. The fourth-order valence-corrected chi connectivity index (χ4v) is 2.72. The van der Waals surface area contributed by atoms with E-state index < -0.39 is 17.5 Å². The number of carbonyl (C=O) groups is 1. The molecular weight excluding hydrogens is 366 g/mol. The molecule has 0 bridgehead atoms. The Balaban J connectivity index is 1.80. The van der Waals surface area contributed by atoms with E-state index in [2.05, 4.69) is 25.6 Å². The molecule has 0 atom stereocenters. The second kappa shape index (κ2) is 7.62. The SMILES string of the molecule is Cc1cc(C(=O)Nc2nc(SCCO)n[nH]2)nn1-c1c(F)cccc1F. The van der Waals surface area contributed by atoms with E-state index >= 15 is 0 Å². The summed E-state index contributed by atoms with van der Waals surface area (Å²) in [5.41, 5.74) is -0.00608. The van der Waals surface area contributed by atoms with Crippen molar-refractivity contribution in [2.75, 3.05) is 17.7 Å². The molecule has 0 radical (unpaired) electrons. The molecule has 0 aliphatic heterocycles. The maximum Gasteiger partial charge on any atom is 0.278 e. The first-order valence-electron chi connectivity index (χ1n) is 7.48. The molecule has 0 saturated heterocycles. The molecule has 0 spiro atoms. The third kappa shape index (κ3) is 3.73. The molecule has 0 aliphatic rings. The largest absolute Gasteiger partial charge is 0.396 e. The van der Waals surface area contributed by atoms with Crippen LogP contribution in [0, 0.1) is 18.6 Å². The van der Waals surface area contributed by atoms with Gasteiger partial charge in [-0.05, 0) is 25.1 Å². The first kappa shape index (κ1) is 18.0. The van der Waals surface area contributed by atoms with Crippen molar-refractivity contribution in [3.05, 3.63) is 47.3 Å². The summed E-state index contributed by atoms with van der Waals surface area (Å²) in [7, 11) is 0. The molecule has 8 nitrogen and oxygen atoms in total. The third-order valence-electron chi connectivity index (χ3n) is 3.29. The van der Waals surface area contributed by atoms with Crippen LogP contribution in [0.3, 0.4) is 0 Å². The van der Waals surface area contributed by atoms with Crippen LogP contribution < -0.4 is 5.32 Å². The average Bonchev–Trinajstić information content (AvgIpc) is 3.20. The zero-order chi connectivity index (χ0) is 18.7. The Morgan fingerprint density at radius 2 is 2.12 bits per heavy atom. The molecule has 0 saturated carbocycles. The highest BCUT2D eigenvalue weighted by Gasteiger charge is 2.19. The average molecular weight is 380 g/mol. The van der Waals surface area contributed by atoms with Crippen LogP contribution in [0.4, 0.5) is 14.7 Å². The van der Waals surface area contributed by atoms with E-state index in [0.29, 0.717) is 16.6 Å². The molecular formula is C15H14F2N6O2S. The summed E-state index contributed by atoms with van der Waals surface area (Å²) in [6.07, 6.45) is 0. The minimum atomic E-state index is -0.788. The van der Waals surface area contributed by atoms with E-state index in [1.54, 1.807) is 6.92 Å². The van der Waals surface area contributed by atoms with E-state index in [1.165, 1.54) is 23.9 Å². The topological polar surface area (TPSA) is 109 Å². The molecule has 2 heterocycles. The number of hydrogen-bond donors (Lipinski definition) is 3. The van der Waals surface area contributed by atoms with Crippen LogP contribution in [0.15, 0.2) is 29.4 Å². The van der Waals surface area contributed by atoms with Crippen molar-refractivity contribution >= 4 is 23.6 Å². The molecule has 1 aromatic carbocycles. The summed E-state index contributed by atoms with van der Waals surface area (Å²) in [6, 6.07) is 4.87. The number of thioether (sulfide) groups is 1. The Hall–Kier alpha value is -2.79. The number of nitrogens with one attached hydrogen (secondary N) is 2. The van der Waals surface area contributed by atoms with Crippen molar-refractivity contribution < 1.29 is 18.7 Å². The second-order valence-electron chi connectivity index (χ2n) is 5.15. The Morgan fingerprint density at radius 1 is 1.38 bits per heavy atom. The number of aryl methyl sites for hydroxylation is 1. The summed E-state index contributed by atoms with van der Waals surface area (Å²) in [4.78, 5) is 16.3. The van der Waals surface area contributed by atoms with Crippen LogP contribution in [0.2, 0.25) is 0 Å². The number of aliphatic hydroxyl groups excluding tert-OH is 1. The van der Waals surface area contributed by atoms with E-state index in [9.17, 15) is 13.6 Å². The number of benzene rings is 1. The molecule has 2 aromatic heterocycles. The van der Waals surface area contributed by atoms with E-state index in [-0.39, 0.29) is 23.9 Å². The highest BCUT2D eigenvalue weighted by atomic mass is 32.2. The van der Waals surface area contributed by atoms with Crippen LogP contribution >= 0.6 is 11.8 Å². The quantitative estimate of drug-likeness (QED) is 0.564. The molecule has 26 heavy (non-hydrogen) atoms. The predicted molar refractivity (Wildman–Crippen MR) is 90.4 cm³/mol. The lowest BCUT2D eigenvalue weighted by molar-refractivity contribution is 0.102. The monoisotopic (exact) mass is 380 g/mol. The summed E-state index contributed by atoms with van der Waals surface area (Å²) >= 11 is 1.21. The van der Waals surface area contributed by atoms with Crippen molar-refractivity contribution in [2.24, 2.45) is 0 Å². The fraction of sp³-hybridized carbons (Fsp3) is 0.200. The number of nitrogens with zero attached hydrogens (tertiary/aromatic N) is 4. The zero-order valence-electron chi connectivity index (χ0n) is 13.5. The summed E-state index contributed by atoms with van der Waals surface area (Å²) < 4.78 is 28.9. The van der Waals surface area contributed by atoms with Gasteiger partial charge in [0.05, 0.1) is 6.61 Å². The molecule has 1 amide bonds. The van der Waals surface area contributed by atoms with Crippen LogP contribution in [-0.4, -0.2) is 48.3 Å². The van der Waals surface area contributed by atoms with Gasteiger partial charge in [-0.3, -0.25) is 10.1 Å². The number of aromatic nitrogens is 5. The van der Waals surface area contributed by atoms with Crippen molar-refractivity contribution in [1.82, 2.24) is 25.0 Å². The van der Waals surface area contributed by atoms with Crippen molar-refractivity contribution in [2.45, 2.75) is 12.1 Å². The number of aromatic amines is 1. The van der Waals surface area contributed by atoms with Gasteiger partial charge in [0.2, 0.25) is 11.1 Å². The van der Waals surface area contributed by atoms with Gasteiger partial charge in [-0.15, -0.1) is 5.10 Å². The number of amides is 1. The van der Waals surface area contributed by atoms with Gasteiger partial charge >= 0.3 is 0 Å². The third-order valence-corrected chi connectivity index (χ3v) is 4.12. The van der Waals surface area contributed by atoms with Crippen LogP contribution in [-0.2, 0) is 0 Å². The number of aliphatic hydroxyl groups is 1. The molecule has 0 fully saturated rings. The highest BCUT2D eigenvalue weighted by molar-refractivity contribution is 7.99. The van der Waals surface area contributed by atoms with Crippen LogP contribution in [0.25, 0.3) is 5.69 Å². The van der Waals surface area contributed by atoms with Gasteiger partial charge in [0.1, 0.15) is 5.69 Å². The summed E-state index contributed by atoms with van der Waals surface area (Å²) in [5.74, 6) is -1.67. The zero-order valence-corrected chi connectivity index (χ0v) is 14.3. The summed E-state index contributed by atoms with van der Waals surface area (Å²) in [5, 5.41) is 22.0. The van der Waals surface area contributed by atoms with Gasteiger partial charge < -0.3 is 5.11 Å². The maximum absolute atomic E-state index is 13.9. The molecule has 136 valence electrons. The Bertz CT molecular complexity index is 922. The van der Waals surface area contributed by atoms with Crippen molar-refractivity contribution in [3.63, 3.8) is 0 Å². The van der Waals surface area contributed by atoms with Crippen molar-refractivity contribution in [3.8, 4) is 5.69 Å². The lowest BCUT2D eigenvalue weighted by Crippen LogP contribution is -2.14. The van der Waals surface area contributed by atoms with Gasteiger partial charge in [-0.25, -0.2) is 18.6 Å². The normalized spacial score (nSPS) is 10.9. The maximum atomic E-state index is 13.9. The Labute approximate surface area is 150 Å². The van der Waals surface area contributed by atoms with Gasteiger partial charge in [-0.2, -0.15) is 10.1 Å². The molecule has 3 N–H and O–H groups in total. The second-order valence-corrected chi connectivity index (χ2v) is 6.21. The van der Waals surface area contributed by atoms with Gasteiger partial charge in [0.25, 0.3) is 5.91 Å². The van der Waals surface area contributed by atoms with Crippen LogP contribution in [0.1, 0.15) is 16.2 Å². The molecule has 0 aliphatic carbocycles. The van der Waals surface area contributed by atoms with Crippen molar-refractivity contribution in [1.29, 1.82) is 0 Å². The number of halogens is 2. The number of rotatable bonds is 6. The van der Waals surface area contributed by atoms with Gasteiger partial charge in [0, 0.05) is 11.4 Å². The van der Waals surface area contributed by atoms with Crippen LogP contribution in [0.5, 0.6) is 0 Å². The fourth-order valence-electron chi connectivity index (χ4n) is 2.18. The number of H-pyrrole nitrogens is 1. The smallest absolute Gasteiger partial charge is 0.278 e. The van der Waals surface area contributed by atoms with E-state index in [4.69, 9.17) is 5.11 Å². The molecule has 0 unspecified atom stereocenters. The minimum Gasteiger partial charge on any atom is -0.396 e. The molecule has 3 aromatic rings. The molecule has 11 heteroatoms. The van der Waals surface area contributed by atoms with Gasteiger partial charge in [0.15, 0.2) is 17.3 Å². The van der Waals surface area contributed by atoms with Gasteiger partial charge in [-0.1, -0.05) is 17.8 Å². The highest BCUT2D eigenvalue weighted by Crippen LogP contribution is 2.20. The number of para-hydroxylation sites is 1. The number of carbonyl (C=O) groups excluding carboxylic acids is 1.